The van der Waals surface area contributed by atoms with E-state index < -0.39 is 42.0 Å². The number of aliphatic hydroxyl groups is 2. The van der Waals surface area contributed by atoms with Crippen LogP contribution < -0.4 is 21.1 Å². The van der Waals surface area contributed by atoms with Gasteiger partial charge in [-0.1, -0.05) is 6.08 Å². The van der Waals surface area contributed by atoms with E-state index in [1.54, 1.807) is 12.1 Å². The van der Waals surface area contributed by atoms with Crippen molar-refractivity contribution in [2.24, 2.45) is 5.73 Å². The van der Waals surface area contributed by atoms with Crippen molar-refractivity contribution in [1.29, 1.82) is 0 Å². The number of rotatable bonds is 6. The Morgan fingerprint density at radius 2 is 1.96 bits per heavy atom. The van der Waals surface area contributed by atoms with Crippen LogP contribution in [0.5, 0.6) is 5.75 Å². The maximum atomic E-state index is 12.6. The summed E-state index contributed by atoms with van der Waals surface area (Å²) in [5.41, 5.74) is 5.51. The van der Waals surface area contributed by atoms with E-state index in [1.807, 2.05) is 0 Å². The predicted molar refractivity (Wildman–Crippen MR) is 103 cm³/mol. The van der Waals surface area contributed by atoms with Crippen LogP contribution in [-0.2, 0) is 9.59 Å². The SMILES string of the molecule is COc1ccc(Br)c(C(=O)NC2C=C(C(=O)NC(C)C(N)=O)CC(O)C2O)c1. The van der Waals surface area contributed by atoms with Crippen molar-refractivity contribution in [3.63, 3.8) is 0 Å². The summed E-state index contributed by atoms with van der Waals surface area (Å²) in [6.07, 6.45) is -1.35. The highest BCUT2D eigenvalue weighted by atomic mass is 79.9. The molecule has 0 saturated heterocycles. The van der Waals surface area contributed by atoms with Crippen LogP contribution in [0.25, 0.3) is 0 Å². The zero-order valence-corrected chi connectivity index (χ0v) is 16.9. The van der Waals surface area contributed by atoms with Gasteiger partial charge >= 0.3 is 0 Å². The van der Waals surface area contributed by atoms with E-state index in [0.29, 0.717) is 10.2 Å². The van der Waals surface area contributed by atoms with Gasteiger partial charge < -0.3 is 31.3 Å². The zero-order chi connectivity index (χ0) is 21.0. The van der Waals surface area contributed by atoms with E-state index >= 15 is 0 Å². The van der Waals surface area contributed by atoms with Crippen LogP contribution in [0.3, 0.4) is 0 Å². The first-order valence-corrected chi connectivity index (χ1v) is 9.24. The molecule has 0 fully saturated rings. The van der Waals surface area contributed by atoms with E-state index in [0.717, 1.165) is 0 Å². The number of methoxy groups -OCH3 is 1. The van der Waals surface area contributed by atoms with Gasteiger partial charge in [-0.2, -0.15) is 0 Å². The molecule has 0 heterocycles. The third-order valence-electron chi connectivity index (χ3n) is 4.35. The van der Waals surface area contributed by atoms with E-state index in [9.17, 15) is 24.6 Å². The molecule has 3 amide bonds. The van der Waals surface area contributed by atoms with Crippen molar-refractivity contribution in [1.82, 2.24) is 10.6 Å². The maximum Gasteiger partial charge on any atom is 0.253 e. The summed E-state index contributed by atoms with van der Waals surface area (Å²) >= 11 is 3.28. The minimum atomic E-state index is -1.31. The van der Waals surface area contributed by atoms with E-state index in [4.69, 9.17) is 10.5 Å². The first-order chi connectivity index (χ1) is 13.1. The number of hydrogen-bond donors (Lipinski definition) is 5. The Balaban J connectivity index is 2.21. The van der Waals surface area contributed by atoms with Crippen LogP contribution >= 0.6 is 15.9 Å². The lowest BCUT2D eigenvalue weighted by atomic mass is 9.89. The smallest absolute Gasteiger partial charge is 0.253 e. The zero-order valence-electron chi connectivity index (χ0n) is 15.3. The number of hydrogen-bond acceptors (Lipinski definition) is 6. The summed E-state index contributed by atoms with van der Waals surface area (Å²) in [5.74, 6) is -1.39. The minimum Gasteiger partial charge on any atom is -0.497 e. The fourth-order valence-electron chi connectivity index (χ4n) is 2.66. The van der Waals surface area contributed by atoms with E-state index in [1.165, 1.54) is 26.2 Å². The molecule has 0 radical (unpaired) electrons. The number of amides is 3. The Morgan fingerprint density at radius 1 is 1.29 bits per heavy atom. The van der Waals surface area contributed by atoms with Gasteiger partial charge in [0.2, 0.25) is 11.8 Å². The van der Waals surface area contributed by atoms with Crippen LogP contribution in [0.1, 0.15) is 23.7 Å². The van der Waals surface area contributed by atoms with Gasteiger partial charge in [-0.3, -0.25) is 14.4 Å². The van der Waals surface area contributed by atoms with Crippen molar-refractivity contribution in [2.45, 2.75) is 37.6 Å². The van der Waals surface area contributed by atoms with Crippen LogP contribution in [-0.4, -0.2) is 59.3 Å². The number of nitrogens with one attached hydrogen (secondary N) is 2. The Hall–Kier alpha value is -2.43. The monoisotopic (exact) mass is 455 g/mol. The van der Waals surface area contributed by atoms with Gasteiger partial charge in [0.1, 0.15) is 17.9 Å². The van der Waals surface area contributed by atoms with E-state index in [2.05, 4.69) is 26.6 Å². The summed E-state index contributed by atoms with van der Waals surface area (Å²) in [4.78, 5) is 36.0. The third kappa shape index (κ3) is 5.09. The quantitative estimate of drug-likeness (QED) is 0.393. The fraction of sp³-hybridized carbons (Fsp3) is 0.389. The molecule has 28 heavy (non-hydrogen) atoms. The Bertz CT molecular complexity index is 813. The van der Waals surface area contributed by atoms with Crippen molar-refractivity contribution in [3.8, 4) is 5.75 Å². The molecule has 9 nitrogen and oxygen atoms in total. The predicted octanol–water partition coefficient (Wildman–Crippen LogP) is -0.402. The number of carbonyl (C=O) groups excluding carboxylic acids is 3. The molecule has 0 aromatic heterocycles. The Morgan fingerprint density at radius 3 is 2.57 bits per heavy atom. The van der Waals surface area contributed by atoms with Crippen LogP contribution in [0.2, 0.25) is 0 Å². The van der Waals surface area contributed by atoms with E-state index in [-0.39, 0.29) is 17.6 Å². The average Bonchev–Trinajstić information content (AvgIpc) is 2.65. The highest BCUT2D eigenvalue weighted by Gasteiger charge is 2.34. The standard InChI is InChI=1S/C18H22BrN3O6/c1-8(16(20)25)21-17(26)9-5-13(15(24)14(23)6-9)22-18(27)11-7-10(28-2)3-4-12(11)19/h3-5,7-8,13-15,23-24H,6H2,1-2H3,(H2,20,25)(H,21,26)(H,22,27). The molecule has 1 aromatic rings. The van der Waals surface area contributed by atoms with Crippen molar-refractivity contribution < 1.29 is 29.3 Å². The molecule has 4 unspecified atom stereocenters. The Kier molecular flexibility index (Phi) is 7.17. The number of benzene rings is 1. The summed E-state index contributed by atoms with van der Waals surface area (Å²) in [7, 11) is 1.47. The van der Waals surface area contributed by atoms with Crippen molar-refractivity contribution in [2.75, 3.05) is 7.11 Å². The topological polar surface area (TPSA) is 151 Å². The molecule has 4 atom stereocenters. The summed E-state index contributed by atoms with van der Waals surface area (Å²) in [5, 5.41) is 25.3. The second-order valence-corrected chi connectivity index (χ2v) is 7.25. The van der Waals surface area contributed by atoms with Crippen LogP contribution in [0.15, 0.2) is 34.3 Å². The molecule has 1 aliphatic carbocycles. The number of nitrogens with two attached hydrogens (primary N) is 1. The fourth-order valence-corrected chi connectivity index (χ4v) is 3.09. The summed E-state index contributed by atoms with van der Waals surface area (Å²) in [6.45, 7) is 1.43. The molecular formula is C18H22BrN3O6. The molecule has 0 aliphatic heterocycles. The second-order valence-electron chi connectivity index (χ2n) is 6.40. The van der Waals surface area contributed by atoms with Crippen molar-refractivity contribution in [3.05, 3.63) is 39.9 Å². The van der Waals surface area contributed by atoms with Crippen LogP contribution in [0, 0.1) is 0 Å². The molecule has 6 N–H and O–H groups in total. The lowest BCUT2D eigenvalue weighted by Gasteiger charge is -2.31. The van der Waals surface area contributed by atoms with Gasteiger partial charge in [-0.25, -0.2) is 0 Å². The summed E-state index contributed by atoms with van der Waals surface area (Å²) in [6, 6.07) is 2.90. The van der Waals surface area contributed by atoms with Gasteiger partial charge in [0.15, 0.2) is 0 Å². The maximum absolute atomic E-state index is 12.6. The number of carbonyl (C=O) groups is 3. The van der Waals surface area contributed by atoms with Gasteiger partial charge in [0, 0.05) is 16.5 Å². The normalized spacial score (nSPS) is 22.6. The Labute approximate surface area is 170 Å². The second kappa shape index (κ2) is 9.18. The first-order valence-electron chi connectivity index (χ1n) is 8.45. The average molecular weight is 456 g/mol. The highest BCUT2D eigenvalue weighted by molar-refractivity contribution is 9.10. The van der Waals surface area contributed by atoms with Crippen LogP contribution in [0.4, 0.5) is 0 Å². The molecule has 1 aliphatic rings. The first kappa shape index (κ1) is 21.9. The van der Waals surface area contributed by atoms with Crippen molar-refractivity contribution >= 4 is 33.7 Å². The number of ether oxygens (including phenoxy) is 1. The van der Waals surface area contributed by atoms with Gasteiger partial charge in [-0.05, 0) is 41.1 Å². The molecule has 0 saturated carbocycles. The van der Waals surface area contributed by atoms with Gasteiger partial charge in [0.25, 0.3) is 5.91 Å². The molecule has 0 spiro atoms. The number of halogens is 1. The number of aliphatic hydroxyl groups excluding tert-OH is 2. The summed E-state index contributed by atoms with van der Waals surface area (Å²) < 4.78 is 5.61. The molecule has 152 valence electrons. The molecule has 1 aromatic carbocycles. The molecule has 2 rings (SSSR count). The van der Waals surface area contributed by atoms with Gasteiger partial charge in [0.05, 0.1) is 24.8 Å². The molecule has 0 bridgehead atoms. The number of primary amides is 1. The molecular weight excluding hydrogens is 434 g/mol. The lowest BCUT2D eigenvalue weighted by molar-refractivity contribution is -0.125. The third-order valence-corrected chi connectivity index (χ3v) is 5.05. The lowest BCUT2D eigenvalue weighted by Crippen LogP contribution is -2.51. The minimum absolute atomic E-state index is 0.126. The highest BCUT2D eigenvalue weighted by Crippen LogP contribution is 2.24. The molecule has 10 heteroatoms. The largest absolute Gasteiger partial charge is 0.497 e. The van der Waals surface area contributed by atoms with Gasteiger partial charge in [-0.15, -0.1) is 0 Å².